The molecule has 0 aliphatic carbocycles. The van der Waals surface area contributed by atoms with Crippen molar-refractivity contribution in [3.05, 3.63) is 66.7 Å². The molecule has 0 N–H and O–H groups in total. The van der Waals surface area contributed by atoms with Gasteiger partial charge in [0, 0.05) is 19.1 Å². The average Bonchev–Trinajstić information content (AvgIpc) is 2.67. The Labute approximate surface area is 177 Å². The summed E-state index contributed by atoms with van der Waals surface area (Å²) in [7, 11) is 5.16. The zero-order valence-corrected chi connectivity index (χ0v) is 18.3. The van der Waals surface area contributed by atoms with Gasteiger partial charge in [0.15, 0.2) is 0 Å². The van der Waals surface area contributed by atoms with Gasteiger partial charge in [-0.3, -0.25) is 39.4 Å². The Balaban J connectivity index is 0.000000311. The first kappa shape index (κ1) is 25.6. The second kappa shape index (κ2) is 9.60. The van der Waals surface area contributed by atoms with E-state index in [-0.39, 0.29) is 0 Å². The number of quaternary nitrogens is 1. The standard InChI is InChI=1S/C11H19NO2P.C6H3N3O7/c1-12(2,3)10-6-8-11(9-7-10)15(5,13)14-4;10-6-4(8(13)14)1-3(7(11)12)2-5(6)9(15)16/h6-9H,1-5H3;1-2,10H/q+1;/p-1. The van der Waals surface area contributed by atoms with Crippen LogP contribution in [0.1, 0.15) is 0 Å². The van der Waals surface area contributed by atoms with Crippen molar-refractivity contribution in [1.29, 1.82) is 0 Å². The highest BCUT2D eigenvalue weighted by molar-refractivity contribution is 7.66. The summed E-state index contributed by atoms with van der Waals surface area (Å²) in [5.74, 6) is -1.46. The number of nitro groups is 3. The fourth-order valence-electron chi connectivity index (χ4n) is 2.24. The van der Waals surface area contributed by atoms with Gasteiger partial charge in [0.1, 0.15) is 5.69 Å². The van der Waals surface area contributed by atoms with E-state index in [1.807, 2.05) is 24.3 Å². The molecule has 0 aromatic heterocycles. The lowest BCUT2D eigenvalue weighted by molar-refractivity contribution is -0.420. The van der Waals surface area contributed by atoms with Crippen LogP contribution in [-0.2, 0) is 9.09 Å². The quantitative estimate of drug-likeness (QED) is 0.273. The van der Waals surface area contributed by atoms with Crippen molar-refractivity contribution in [2.75, 3.05) is 34.9 Å². The maximum Gasteiger partial charge on any atom is 0.283 e. The molecule has 0 aliphatic rings. The van der Waals surface area contributed by atoms with Gasteiger partial charge < -0.3 is 9.63 Å². The predicted octanol–water partition coefficient (Wildman–Crippen LogP) is 2.55. The van der Waals surface area contributed by atoms with Gasteiger partial charge in [-0.15, -0.1) is 0 Å². The van der Waals surface area contributed by atoms with Gasteiger partial charge in [-0.1, -0.05) is 0 Å². The van der Waals surface area contributed by atoms with Crippen LogP contribution in [0.15, 0.2) is 36.4 Å². The second-order valence-electron chi connectivity index (χ2n) is 7.14. The lowest BCUT2D eigenvalue weighted by Crippen LogP contribution is -2.34. The number of hydrogen-bond donors (Lipinski definition) is 0. The van der Waals surface area contributed by atoms with Crippen LogP contribution in [0.4, 0.5) is 22.7 Å². The Hall–Kier alpha value is -3.41. The highest BCUT2D eigenvalue weighted by atomic mass is 31.2. The number of benzene rings is 2. The summed E-state index contributed by atoms with van der Waals surface area (Å²) in [6.07, 6.45) is 0. The van der Waals surface area contributed by atoms with Crippen LogP contribution in [0, 0.1) is 30.3 Å². The fourth-order valence-corrected chi connectivity index (χ4v) is 3.14. The van der Waals surface area contributed by atoms with Gasteiger partial charge in [-0.05, 0) is 24.3 Å². The summed E-state index contributed by atoms with van der Waals surface area (Å²) >= 11 is 0. The van der Waals surface area contributed by atoms with E-state index < -0.39 is 45.0 Å². The van der Waals surface area contributed by atoms with Gasteiger partial charge in [0.2, 0.25) is 7.37 Å². The molecule has 2 aromatic carbocycles. The normalized spacial score (nSPS) is 12.8. The largest absolute Gasteiger partial charge is 0.863 e. The molecule has 0 fully saturated rings. The zero-order chi connectivity index (χ0) is 24.1. The molecule has 0 saturated carbocycles. The first-order valence-corrected chi connectivity index (χ1v) is 10.5. The molecule has 14 heteroatoms. The molecule has 2 aromatic rings. The van der Waals surface area contributed by atoms with Crippen molar-refractivity contribution in [2.24, 2.45) is 0 Å². The van der Waals surface area contributed by atoms with Crippen molar-refractivity contribution >= 4 is 35.4 Å². The zero-order valence-electron chi connectivity index (χ0n) is 17.4. The van der Waals surface area contributed by atoms with E-state index in [1.54, 1.807) is 6.66 Å². The molecule has 0 amide bonds. The van der Waals surface area contributed by atoms with E-state index in [2.05, 4.69) is 21.1 Å². The number of rotatable bonds is 6. The Bertz CT molecular complexity index is 1010. The SMILES string of the molecule is COP(C)(=O)c1ccc([N+](C)(C)C)cc1.O=[N+]([O-])c1cc([N+](=O)[O-])c([O-])c([N+](=O)[O-])c1. The molecule has 0 bridgehead atoms. The third kappa shape index (κ3) is 6.54. The molecular formula is C17H21N4O9P. The van der Waals surface area contributed by atoms with Crippen LogP contribution in [0.2, 0.25) is 0 Å². The third-order valence-corrected chi connectivity index (χ3v) is 6.01. The average molecular weight is 456 g/mol. The van der Waals surface area contributed by atoms with E-state index in [1.165, 1.54) is 12.8 Å². The maximum atomic E-state index is 11.9. The lowest BCUT2D eigenvalue weighted by atomic mass is 10.2. The van der Waals surface area contributed by atoms with Crippen LogP contribution < -0.4 is 14.9 Å². The second-order valence-corrected chi connectivity index (χ2v) is 9.72. The monoisotopic (exact) mass is 456 g/mol. The van der Waals surface area contributed by atoms with E-state index in [0.29, 0.717) is 12.1 Å². The summed E-state index contributed by atoms with van der Waals surface area (Å²) in [4.78, 5) is 27.5. The highest BCUT2D eigenvalue weighted by Gasteiger charge is 2.24. The van der Waals surface area contributed by atoms with E-state index in [0.717, 1.165) is 9.79 Å². The molecule has 13 nitrogen and oxygen atoms in total. The van der Waals surface area contributed by atoms with Crippen LogP contribution in [0.5, 0.6) is 5.75 Å². The minimum atomic E-state index is -2.60. The molecule has 1 unspecified atom stereocenters. The summed E-state index contributed by atoms with van der Waals surface area (Å²) in [5, 5.41) is 42.9. The number of nitro benzene ring substituents is 3. The molecule has 0 radical (unpaired) electrons. The van der Waals surface area contributed by atoms with Crippen LogP contribution in [-0.4, -0.2) is 49.7 Å². The topological polar surface area (TPSA) is 179 Å². The molecule has 31 heavy (non-hydrogen) atoms. The van der Waals surface area contributed by atoms with Crippen molar-refractivity contribution < 1.29 is 29.0 Å². The lowest BCUT2D eigenvalue weighted by Gasteiger charge is -2.23. The van der Waals surface area contributed by atoms with Crippen LogP contribution in [0.25, 0.3) is 0 Å². The Morgan fingerprint density at radius 3 is 1.58 bits per heavy atom. The smallest absolute Gasteiger partial charge is 0.283 e. The molecule has 0 saturated heterocycles. The fraction of sp³-hybridized carbons (Fsp3) is 0.294. The van der Waals surface area contributed by atoms with Crippen molar-refractivity contribution in [3.8, 4) is 5.75 Å². The molecule has 168 valence electrons. The molecular weight excluding hydrogens is 435 g/mol. The molecule has 0 spiro atoms. The number of non-ortho nitro benzene ring substituents is 1. The molecule has 0 aliphatic heterocycles. The first-order valence-electron chi connectivity index (χ1n) is 8.46. The molecule has 1 atom stereocenters. The summed E-state index contributed by atoms with van der Waals surface area (Å²) < 4.78 is 17.7. The Morgan fingerprint density at radius 2 is 1.29 bits per heavy atom. The summed E-state index contributed by atoms with van der Waals surface area (Å²) in [5.41, 5.74) is -2.09. The minimum Gasteiger partial charge on any atom is -0.863 e. The first-order chi connectivity index (χ1) is 14.1. The number of hydrogen-bond acceptors (Lipinski definition) is 9. The summed E-state index contributed by atoms with van der Waals surface area (Å²) in [6.45, 7) is 1.63. The minimum absolute atomic E-state index is 0.384. The van der Waals surface area contributed by atoms with Crippen molar-refractivity contribution in [3.63, 3.8) is 0 Å². The van der Waals surface area contributed by atoms with E-state index >= 15 is 0 Å². The maximum absolute atomic E-state index is 11.9. The van der Waals surface area contributed by atoms with Crippen LogP contribution >= 0.6 is 7.37 Å². The van der Waals surface area contributed by atoms with Gasteiger partial charge in [-0.25, -0.2) is 0 Å². The van der Waals surface area contributed by atoms with Gasteiger partial charge in [0.05, 0.1) is 53.8 Å². The van der Waals surface area contributed by atoms with Crippen molar-refractivity contribution in [1.82, 2.24) is 4.48 Å². The number of nitrogens with zero attached hydrogens (tertiary/aromatic N) is 4. The van der Waals surface area contributed by atoms with E-state index in [9.17, 15) is 40.0 Å². The Morgan fingerprint density at radius 1 is 0.871 bits per heavy atom. The van der Waals surface area contributed by atoms with E-state index in [4.69, 9.17) is 4.52 Å². The third-order valence-electron chi connectivity index (χ3n) is 4.08. The van der Waals surface area contributed by atoms with Crippen LogP contribution in [0.3, 0.4) is 0 Å². The van der Waals surface area contributed by atoms with Gasteiger partial charge in [-0.2, -0.15) is 0 Å². The molecule has 2 rings (SSSR count). The van der Waals surface area contributed by atoms with Crippen molar-refractivity contribution in [2.45, 2.75) is 0 Å². The predicted molar refractivity (Wildman–Crippen MR) is 112 cm³/mol. The summed E-state index contributed by atoms with van der Waals surface area (Å²) in [6, 6.07) is 8.51. The van der Waals surface area contributed by atoms with Gasteiger partial charge in [0.25, 0.3) is 17.1 Å². The highest BCUT2D eigenvalue weighted by Crippen LogP contribution is 2.40. The van der Waals surface area contributed by atoms with Gasteiger partial charge >= 0.3 is 0 Å². The Kier molecular flexibility index (Phi) is 7.94. The molecule has 0 heterocycles.